The van der Waals surface area contributed by atoms with Crippen LogP contribution in [0, 0.1) is 6.92 Å². The molecule has 1 aromatic heterocycles. The third-order valence-corrected chi connectivity index (χ3v) is 2.01. The molecule has 0 fully saturated rings. The SMILES string of the molecule is Cc1c(O)ccc2ccc(=O)oc12. The predicted octanol–water partition coefficient (Wildman–Crippen LogP) is 1.81. The Morgan fingerprint density at radius 1 is 1.23 bits per heavy atom. The lowest BCUT2D eigenvalue weighted by Gasteiger charge is -2.01. The summed E-state index contributed by atoms with van der Waals surface area (Å²) in [5, 5.41) is 10.2. The Hall–Kier alpha value is -1.77. The van der Waals surface area contributed by atoms with E-state index in [4.69, 9.17) is 4.42 Å². The molecule has 1 N–H and O–H groups in total. The molecule has 3 nitrogen and oxygen atoms in total. The first-order chi connectivity index (χ1) is 6.18. The van der Waals surface area contributed by atoms with Crippen molar-refractivity contribution in [2.45, 2.75) is 6.92 Å². The molecule has 0 bridgehead atoms. The monoisotopic (exact) mass is 176 g/mol. The van der Waals surface area contributed by atoms with Gasteiger partial charge in [-0.05, 0) is 25.1 Å². The quantitative estimate of drug-likeness (QED) is 0.623. The van der Waals surface area contributed by atoms with Gasteiger partial charge in [0.1, 0.15) is 11.3 Å². The Bertz CT molecular complexity index is 511. The number of aromatic hydroxyl groups is 1. The minimum absolute atomic E-state index is 0.141. The van der Waals surface area contributed by atoms with E-state index in [2.05, 4.69) is 0 Å². The molecule has 0 unspecified atom stereocenters. The number of hydrogen-bond donors (Lipinski definition) is 1. The molecule has 2 aromatic rings. The van der Waals surface area contributed by atoms with Crippen molar-refractivity contribution in [3.05, 3.63) is 40.2 Å². The van der Waals surface area contributed by atoms with Gasteiger partial charge in [-0.3, -0.25) is 0 Å². The highest BCUT2D eigenvalue weighted by atomic mass is 16.4. The number of phenols is 1. The van der Waals surface area contributed by atoms with Crippen LogP contribution in [0.15, 0.2) is 33.5 Å². The fourth-order valence-electron chi connectivity index (χ4n) is 1.26. The first-order valence-corrected chi connectivity index (χ1v) is 3.91. The number of rotatable bonds is 0. The fourth-order valence-corrected chi connectivity index (χ4v) is 1.26. The minimum atomic E-state index is -0.402. The van der Waals surface area contributed by atoms with Gasteiger partial charge in [0, 0.05) is 17.0 Å². The molecule has 0 radical (unpaired) electrons. The normalized spacial score (nSPS) is 10.5. The number of phenolic OH excluding ortho intramolecular Hbond substituents is 1. The van der Waals surface area contributed by atoms with Gasteiger partial charge < -0.3 is 9.52 Å². The van der Waals surface area contributed by atoms with E-state index in [1.54, 1.807) is 25.1 Å². The fraction of sp³-hybridized carbons (Fsp3) is 0.100. The van der Waals surface area contributed by atoms with Gasteiger partial charge >= 0.3 is 5.63 Å². The topological polar surface area (TPSA) is 50.4 Å². The largest absolute Gasteiger partial charge is 0.508 e. The summed E-state index contributed by atoms with van der Waals surface area (Å²) in [6.07, 6.45) is 0. The van der Waals surface area contributed by atoms with E-state index in [9.17, 15) is 9.90 Å². The summed E-state index contributed by atoms with van der Waals surface area (Å²) < 4.78 is 4.96. The summed E-state index contributed by atoms with van der Waals surface area (Å²) in [5.74, 6) is 0.141. The summed E-state index contributed by atoms with van der Waals surface area (Å²) in [6.45, 7) is 1.71. The Balaban J connectivity index is 2.97. The van der Waals surface area contributed by atoms with Crippen LogP contribution in [0.2, 0.25) is 0 Å². The van der Waals surface area contributed by atoms with Gasteiger partial charge in [-0.25, -0.2) is 4.79 Å². The molecular formula is C10H8O3. The van der Waals surface area contributed by atoms with Crippen LogP contribution in [0.1, 0.15) is 5.56 Å². The van der Waals surface area contributed by atoms with Crippen molar-refractivity contribution in [1.29, 1.82) is 0 Å². The standard InChI is InChI=1S/C10H8O3/c1-6-8(11)4-2-7-3-5-9(12)13-10(6)7/h2-5,11H,1H3. The molecule has 0 saturated heterocycles. The second-order valence-corrected chi connectivity index (χ2v) is 2.88. The van der Waals surface area contributed by atoms with E-state index in [-0.39, 0.29) is 5.75 Å². The van der Waals surface area contributed by atoms with Crippen LogP contribution in [0.4, 0.5) is 0 Å². The van der Waals surface area contributed by atoms with Gasteiger partial charge in [0.15, 0.2) is 0 Å². The Morgan fingerprint density at radius 2 is 1.92 bits per heavy atom. The minimum Gasteiger partial charge on any atom is -0.508 e. The van der Waals surface area contributed by atoms with Crippen molar-refractivity contribution in [3.63, 3.8) is 0 Å². The molecule has 3 heteroatoms. The first kappa shape index (κ1) is 7.86. The molecule has 0 atom stereocenters. The predicted molar refractivity (Wildman–Crippen MR) is 48.9 cm³/mol. The third kappa shape index (κ3) is 1.18. The maximum atomic E-state index is 10.9. The molecule has 0 aliphatic carbocycles. The van der Waals surface area contributed by atoms with Crippen LogP contribution >= 0.6 is 0 Å². The summed E-state index contributed by atoms with van der Waals surface area (Å²) in [4.78, 5) is 10.9. The first-order valence-electron chi connectivity index (χ1n) is 3.91. The number of fused-ring (bicyclic) bond motifs is 1. The summed E-state index contributed by atoms with van der Waals surface area (Å²) in [7, 11) is 0. The van der Waals surface area contributed by atoms with E-state index in [0.29, 0.717) is 11.1 Å². The molecule has 0 aliphatic rings. The highest BCUT2D eigenvalue weighted by Crippen LogP contribution is 2.24. The number of benzene rings is 1. The molecule has 2 rings (SSSR count). The zero-order valence-corrected chi connectivity index (χ0v) is 7.07. The Morgan fingerprint density at radius 3 is 2.69 bits per heavy atom. The van der Waals surface area contributed by atoms with Gasteiger partial charge in [-0.2, -0.15) is 0 Å². The van der Waals surface area contributed by atoms with Gasteiger partial charge in [-0.15, -0.1) is 0 Å². The highest BCUT2D eigenvalue weighted by molar-refractivity contribution is 5.81. The van der Waals surface area contributed by atoms with E-state index in [0.717, 1.165) is 5.39 Å². The second kappa shape index (κ2) is 2.62. The molecule has 0 saturated carbocycles. The Kier molecular flexibility index (Phi) is 1.59. The van der Waals surface area contributed by atoms with Gasteiger partial charge in [0.25, 0.3) is 0 Å². The highest BCUT2D eigenvalue weighted by Gasteiger charge is 2.04. The van der Waals surface area contributed by atoms with Crippen LogP contribution in [0.5, 0.6) is 5.75 Å². The number of hydrogen-bond acceptors (Lipinski definition) is 3. The molecule has 0 amide bonds. The smallest absolute Gasteiger partial charge is 0.336 e. The molecule has 0 aliphatic heterocycles. The van der Waals surface area contributed by atoms with Crippen molar-refractivity contribution in [2.75, 3.05) is 0 Å². The molecular weight excluding hydrogens is 168 g/mol. The van der Waals surface area contributed by atoms with E-state index >= 15 is 0 Å². The van der Waals surface area contributed by atoms with Crippen molar-refractivity contribution in [2.24, 2.45) is 0 Å². The molecule has 0 spiro atoms. The van der Waals surface area contributed by atoms with Crippen LogP contribution in [-0.2, 0) is 0 Å². The van der Waals surface area contributed by atoms with E-state index < -0.39 is 5.63 Å². The van der Waals surface area contributed by atoms with Crippen LogP contribution < -0.4 is 5.63 Å². The zero-order chi connectivity index (χ0) is 9.42. The molecule has 13 heavy (non-hydrogen) atoms. The Labute approximate surface area is 74.2 Å². The summed E-state index contributed by atoms with van der Waals surface area (Å²) >= 11 is 0. The maximum absolute atomic E-state index is 10.9. The third-order valence-electron chi connectivity index (χ3n) is 2.01. The summed E-state index contributed by atoms with van der Waals surface area (Å²) in [5.41, 5.74) is 0.643. The van der Waals surface area contributed by atoms with Crippen molar-refractivity contribution in [3.8, 4) is 5.75 Å². The van der Waals surface area contributed by atoms with Crippen LogP contribution in [0.3, 0.4) is 0 Å². The molecule has 1 heterocycles. The summed E-state index contributed by atoms with van der Waals surface area (Å²) in [6, 6.07) is 6.32. The van der Waals surface area contributed by atoms with E-state index in [1.165, 1.54) is 6.07 Å². The number of aryl methyl sites for hydroxylation is 1. The van der Waals surface area contributed by atoms with Gasteiger partial charge in [0.2, 0.25) is 0 Å². The van der Waals surface area contributed by atoms with E-state index in [1.807, 2.05) is 0 Å². The van der Waals surface area contributed by atoms with Crippen LogP contribution in [0.25, 0.3) is 11.0 Å². The van der Waals surface area contributed by atoms with Crippen LogP contribution in [-0.4, -0.2) is 5.11 Å². The maximum Gasteiger partial charge on any atom is 0.336 e. The zero-order valence-electron chi connectivity index (χ0n) is 7.07. The molecule has 1 aromatic carbocycles. The van der Waals surface area contributed by atoms with Gasteiger partial charge in [-0.1, -0.05) is 0 Å². The van der Waals surface area contributed by atoms with Crippen molar-refractivity contribution in [1.82, 2.24) is 0 Å². The van der Waals surface area contributed by atoms with Gasteiger partial charge in [0.05, 0.1) is 0 Å². The lowest BCUT2D eigenvalue weighted by Crippen LogP contribution is -1.95. The van der Waals surface area contributed by atoms with Crippen molar-refractivity contribution < 1.29 is 9.52 Å². The lowest BCUT2D eigenvalue weighted by molar-refractivity contribution is 0.468. The second-order valence-electron chi connectivity index (χ2n) is 2.88. The van der Waals surface area contributed by atoms with Crippen molar-refractivity contribution >= 4 is 11.0 Å². The average Bonchev–Trinajstić information content (AvgIpc) is 2.12. The molecule has 66 valence electrons. The average molecular weight is 176 g/mol. The lowest BCUT2D eigenvalue weighted by atomic mass is 10.1.